The van der Waals surface area contributed by atoms with Gasteiger partial charge in [-0.1, -0.05) is 32.9 Å². The van der Waals surface area contributed by atoms with Gasteiger partial charge in [-0.15, -0.1) is 0 Å². The fraction of sp³-hybridized carbons (Fsp3) is 0.842. The fourth-order valence-corrected chi connectivity index (χ4v) is 6.34. The van der Waals surface area contributed by atoms with E-state index in [1.165, 1.54) is 0 Å². The van der Waals surface area contributed by atoms with Gasteiger partial charge in [-0.3, -0.25) is 4.79 Å². The van der Waals surface area contributed by atoms with Gasteiger partial charge in [-0.25, -0.2) is 0 Å². The lowest BCUT2D eigenvalue weighted by Crippen LogP contribution is -2.66. The lowest BCUT2D eigenvalue weighted by molar-refractivity contribution is -0.203. The highest BCUT2D eigenvalue weighted by atomic mass is 28.4. The molecule has 3 fully saturated rings. The van der Waals surface area contributed by atoms with Crippen molar-refractivity contribution in [1.29, 1.82) is 0 Å². The zero-order chi connectivity index (χ0) is 17.4. The molecule has 5 atom stereocenters. The highest BCUT2D eigenvalue weighted by molar-refractivity contribution is 6.74. The molecular formula is C19H30O4Si. The van der Waals surface area contributed by atoms with E-state index in [0.717, 1.165) is 19.4 Å². The van der Waals surface area contributed by atoms with Crippen LogP contribution in [0.1, 0.15) is 40.0 Å². The quantitative estimate of drug-likeness (QED) is 0.565. The summed E-state index contributed by atoms with van der Waals surface area (Å²) in [6.07, 6.45) is 6.50. The molecule has 0 aromatic rings. The van der Waals surface area contributed by atoms with Crippen molar-refractivity contribution in [2.45, 2.75) is 75.5 Å². The van der Waals surface area contributed by atoms with E-state index in [2.05, 4.69) is 46.0 Å². The largest absolute Gasteiger partial charge is 0.402 e. The molecule has 24 heavy (non-hydrogen) atoms. The van der Waals surface area contributed by atoms with Gasteiger partial charge in [0.15, 0.2) is 14.1 Å². The van der Waals surface area contributed by atoms with Crippen molar-refractivity contribution < 1.29 is 18.7 Å². The van der Waals surface area contributed by atoms with Crippen LogP contribution in [-0.4, -0.2) is 44.6 Å². The average molecular weight is 351 g/mol. The number of hydrogen-bond donors (Lipinski definition) is 0. The van der Waals surface area contributed by atoms with E-state index in [-0.39, 0.29) is 22.8 Å². The van der Waals surface area contributed by atoms with E-state index in [9.17, 15) is 4.79 Å². The van der Waals surface area contributed by atoms with E-state index in [4.69, 9.17) is 13.9 Å². The molecule has 1 aliphatic carbocycles. The Morgan fingerprint density at radius 3 is 2.75 bits per heavy atom. The van der Waals surface area contributed by atoms with Crippen molar-refractivity contribution in [3.63, 3.8) is 0 Å². The molecule has 3 saturated heterocycles. The van der Waals surface area contributed by atoms with Crippen LogP contribution in [0.2, 0.25) is 18.1 Å². The number of allylic oxidation sites excluding steroid dienone is 1. The lowest BCUT2D eigenvalue weighted by atomic mass is 9.73. The molecular weight excluding hydrogens is 320 g/mol. The minimum absolute atomic E-state index is 0.0697. The van der Waals surface area contributed by atoms with Gasteiger partial charge in [0.25, 0.3) is 0 Å². The second kappa shape index (κ2) is 5.03. The SMILES string of the molecule is CC(C)(C)[Si](C)(C)O[C@@]12CC=CC[C@@H](C1=O)[C@@]13COC[C@@H]1C[C@@H]2O3. The van der Waals surface area contributed by atoms with Crippen molar-refractivity contribution in [3.8, 4) is 0 Å². The Morgan fingerprint density at radius 2 is 2.04 bits per heavy atom. The molecule has 0 unspecified atom stereocenters. The van der Waals surface area contributed by atoms with Crippen molar-refractivity contribution in [1.82, 2.24) is 0 Å². The molecule has 134 valence electrons. The average Bonchev–Trinajstić information content (AvgIpc) is 2.96. The maximum absolute atomic E-state index is 13.7. The predicted molar refractivity (Wildman–Crippen MR) is 94.4 cm³/mol. The molecule has 5 heteroatoms. The summed E-state index contributed by atoms with van der Waals surface area (Å²) in [6.45, 7) is 12.4. The Hall–Kier alpha value is -0.493. The number of ether oxygens (including phenoxy) is 2. The summed E-state index contributed by atoms with van der Waals surface area (Å²) in [5, 5.41) is 0.0697. The Balaban J connectivity index is 1.77. The highest BCUT2D eigenvalue weighted by Gasteiger charge is 2.71. The monoisotopic (exact) mass is 350 g/mol. The summed E-state index contributed by atoms with van der Waals surface area (Å²) < 4.78 is 19.2. The molecule has 0 saturated carbocycles. The van der Waals surface area contributed by atoms with Gasteiger partial charge in [-0.2, -0.15) is 0 Å². The van der Waals surface area contributed by atoms with E-state index >= 15 is 0 Å². The summed E-state index contributed by atoms with van der Waals surface area (Å²) in [4.78, 5) is 13.7. The minimum atomic E-state index is -2.09. The van der Waals surface area contributed by atoms with E-state index in [1.54, 1.807) is 0 Å². The van der Waals surface area contributed by atoms with Gasteiger partial charge >= 0.3 is 0 Å². The summed E-state index contributed by atoms with van der Waals surface area (Å²) in [5.41, 5.74) is -1.17. The summed E-state index contributed by atoms with van der Waals surface area (Å²) in [7, 11) is -2.09. The number of carbonyl (C=O) groups excluding carboxylic acids is 1. The van der Waals surface area contributed by atoms with Crippen LogP contribution in [0.5, 0.6) is 0 Å². The number of fused-ring (bicyclic) bond motifs is 4. The van der Waals surface area contributed by atoms with E-state index < -0.39 is 19.5 Å². The molecule has 4 bridgehead atoms. The van der Waals surface area contributed by atoms with Crippen molar-refractivity contribution in [2.24, 2.45) is 11.8 Å². The molecule has 1 spiro atoms. The third-order valence-corrected chi connectivity index (χ3v) is 11.7. The number of carbonyl (C=O) groups is 1. The molecule has 0 N–H and O–H groups in total. The van der Waals surface area contributed by atoms with Gasteiger partial charge in [0, 0.05) is 12.3 Å². The first kappa shape index (κ1) is 16.9. The van der Waals surface area contributed by atoms with Crippen molar-refractivity contribution in [3.05, 3.63) is 12.2 Å². The maximum Gasteiger partial charge on any atom is 0.193 e. The van der Waals surface area contributed by atoms with Crippen LogP contribution in [0.4, 0.5) is 0 Å². The number of ketones is 1. The lowest BCUT2D eigenvalue weighted by Gasteiger charge is -2.51. The summed E-state index contributed by atoms with van der Waals surface area (Å²) in [5.74, 6) is 0.502. The van der Waals surface area contributed by atoms with Gasteiger partial charge in [0.2, 0.25) is 0 Å². The molecule has 0 amide bonds. The van der Waals surface area contributed by atoms with Gasteiger partial charge < -0.3 is 13.9 Å². The van der Waals surface area contributed by atoms with E-state index in [0.29, 0.717) is 18.9 Å². The predicted octanol–water partition coefficient (Wildman–Crippen LogP) is 3.47. The molecule has 0 aromatic carbocycles. The smallest absolute Gasteiger partial charge is 0.193 e. The molecule has 4 aliphatic rings. The highest BCUT2D eigenvalue weighted by Crippen LogP contribution is 2.58. The maximum atomic E-state index is 13.7. The molecule has 0 radical (unpaired) electrons. The van der Waals surface area contributed by atoms with Crippen molar-refractivity contribution >= 4 is 14.1 Å². The number of rotatable bonds is 2. The third kappa shape index (κ3) is 2.04. The van der Waals surface area contributed by atoms with Gasteiger partial charge in [0.05, 0.1) is 25.2 Å². The summed E-state index contributed by atoms with van der Waals surface area (Å²) in [6, 6.07) is 0. The normalized spacial score (nSPS) is 44.5. The van der Waals surface area contributed by atoms with Crippen LogP contribution < -0.4 is 0 Å². The van der Waals surface area contributed by atoms with Crippen LogP contribution >= 0.6 is 0 Å². The standard InChI is InChI=1S/C19H30O4Si/c1-17(2,3)24(4,5)23-18-9-7-6-8-14(16(18)20)19-12-21-11-13(19)10-15(18)22-19/h6-7,13-15H,8-12H2,1-5H3/t13-,14-,15-,18+,19+/m0/s1. The van der Waals surface area contributed by atoms with Crippen LogP contribution in [-0.2, 0) is 18.7 Å². The third-order valence-electron chi connectivity index (χ3n) is 7.24. The van der Waals surface area contributed by atoms with Crippen LogP contribution in [0, 0.1) is 11.8 Å². The first-order valence-corrected chi connectivity index (χ1v) is 12.2. The van der Waals surface area contributed by atoms with Gasteiger partial charge in [0.1, 0.15) is 11.2 Å². The number of hydrogen-bond acceptors (Lipinski definition) is 4. The van der Waals surface area contributed by atoms with E-state index in [1.807, 2.05) is 0 Å². The zero-order valence-corrected chi connectivity index (χ0v) is 16.6. The second-order valence-electron chi connectivity index (χ2n) is 9.59. The fourth-order valence-electron chi connectivity index (χ4n) is 4.81. The van der Waals surface area contributed by atoms with Gasteiger partial charge in [-0.05, 0) is 31.0 Å². The Bertz CT molecular complexity index is 593. The first-order chi connectivity index (χ1) is 11.1. The second-order valence-corrected chi connectivity index (χ2v) is 14.3. The Kier molecular flexibility index (Phi) is 3.55. The van der Waals surface area contributed by atoms with Crippen LogP contribution in [0.3, 0.4) is 0 Å². The molecule has 3 aliphatic heterocycles. The molecule has 3 heterocycles. The molecule has 4 nitrogen and oxygen atoms in total. The Morgan fingerprint density at radius 1 is 1.29 bits per heavy atom. The summed E-state index contributed by atoms with van der Waals surface area (Å²) >= 11 is 0. The molecule has 0 aromatic heterocycles. The van der Waals surface area contributed by atoms with Crippen LogP contribution in [0.15, 0.2) is 12.2 Å². The minimum Gasteiger partial charge on any atom is -0.402 e. The van der Waals surface area contributed by atoms with Crippen LogP contribution in [0.25, 0.3) is 0 Å². The number of Topliss-reactive ketones (excluding diaryl/α,β-unsaturated/α-hetero) is 1. The first-order valence-electron chi connectivity index (χ1n) is 9.27. The molecule has 4 rings (SSSR count). The Labute approximate surface area is 146 Å². The zero-order valence-electron chi connectivity index (χ0n) is 15.6. The van der Waals surface area contributed by atoms with Crippen molar-refractivity contribution in [2.75, 3.05) is 13.2 Å². The topological polar surface area (TPSA) is 44.8 Å².